The molecule has 0 aliphatic rings. The zero-order valence-electron chi connectivity index (χ0n) is 10.0. The molecular formula is C13H21N3. The maximum Gasteiger partial charge on any atom is 0.115 e. The Morgan fingerprint density at radius 2 is 2.12 bits per heavy atom. The third kappa shape index (κ3) is 5.61. The van der Waals surface area contributed by atoms with Gasteiger partial charge in [0.15, 0.2) is 0 Å². The van der Waals surface area contributed by atoms with Crippen LogP contribution < -0.4 is 5.32 Å². The van der Waals surface area contributed by atoms with Gasteiger partial charge in [-0.05, 0) is 26.2 Å². The summed E-state index contributed by atoms with van der Waals surface area (Å²) in [5.74, 6) is 0. The van der Waals surface area contributed by atoms with Crippen LogP contribution in [-0.4, -0.2) is 16.0 Å². The van der Waals surface area contributed by atoms with Crippen LogP contribution in [0.3, 0.4) is 0 Å². The van der Waals surface area contributed by atoms with Gasteiger partial charge in [-0.2, -0.15) is 0 Å². The van der Waals surface area contributed by atoms with Crippen LogP contribution in [0.1, 0.15) is 38.2 Å². The van der Waals surface area contributed by atoms with E-state index < -0.39 is 0 Å². The van der Waals surface area contributed by atoms with E-state index in [-0.39, 0.29) is 0 Å². The summed E-state index contributed by atoms with van der Waals surface area (Å²) in [6, 6.07) is 0.546. The summed E-state index contributed by atoms with van der Waals surface area (Å²) in [4.78, 5) is 7.97. The van der Waals surface area contributed by atoms with Crippen LogP contribution in [-0.2, 0) is 6.54 Å². The van der Waals surface area contributed by atoms with Crippen LogP contribution >= 0.6 is 0 Å². The van der Waals surface area contributed by atoms with E-state index >= 15 is 0 Å². The molecule has 0 radical (unpaired) electrons. The second-order valence-corrected chi connectivity index (χ2v) is 4.10. The summed E-state index contributed by atoms with van der Waals surface area (Å²) in [7, 11) is 0. The van der Waals surface area contributed by atoms with Crippen LogP contribution in [0, 0.1) is 0 Å². The Morgan fingerprint density at radius 3 is 2.81 bits per heavy atom. The molecule has 0 amide bonds. The number of hydrogen-bond acceptors (Lipinski definition) is 3. The molecule has 16 heavy (non-hydrogen) atoms. The first-order valence-corrected chi connectivity index (χ1v) is 5.91. The predicted molar refractivity (Wildman–Crippen MR) is 67.0 cm³/mol. The van der Waals surface area contributed by atoms with Gasteiger partial charge in [-0.3, -0.25) is 0 Å². The van der Waals surface area contributed by atoms with Crippen molar-refractivity contribution >= 4 is 0 Å². The smallest absolute Gasteiger partial charge is 0.115 e. The third-order valence-electron chi connectivity index (χ3n) is 2.56. The van der Waals surface area contributed by atoms with Crippen molar-refractivity contribution in [2.24, 2.45) is 0 Å². The zero-order chi connectivity index (χ0) is 11.6. The van der Waals surface area contributed by atoms with Crippen molar-refractivity contribution in [1.82, 2.24) is 15.3 Å². The molecule has 1 unspecified atom stereocenters. The average molecular weight is 219 g/mol. The van der Waals surface area contributed by atoms with Crippen molar-refractivity contribution in [3.8, 4) is 0 Å². The molecule has 0 saturated carbocycles. The van der Waals surface area contributed by atoms with E-state index in [9.17, 15) is 0 Å². The molecule has 1 rings (SSSR count). The van der Waals surface area contributed by atoms with E-state index in [0.29, 0.717) is 6.04 Å². The van der Waals surface area contributed by atoms with Crippen molar-refractivity contribution in [3.63, 3.8) is 0 Å². The molecule has 88 valence electrons. The summed E-state index contributed by atoms with van der Waals surface area (Å²) in [5, 5.41) is 3.47. The first kappa shape index (κ1) is 12.8. The maximum absolute atomic E-state index is 3.99. The predicted octanol–water partition coefficient (Wildman–Crippen LogP) is 2.70. The summed E-state index contributed by atoms with van der Waals surface area (Å²) in [6.07, 6.45) is 12.1. The molecule has 3 nitrogen and oxygen atoms in total. The summed E-state index contributed by atoms with van der Waals surface area (Å²) < 4.78 is 0. The van der Waals surface area contributed by atoms with Gasteiger partial charge in [0, 0.05) is 30.5 Å². The van der Waals surface area contributed by atoms with Crippen molar-refractivity contribution in [1.29, 1.82) is 0 Å². The van der Waals surface area contributed by atoms with E-state index in [0.717, 1.165) is 18.5 Å². The van der Waals surface area contributed by atoms with Crippen LogP contribution in [0.4, 0.5) is 0 Å². The summed E-state index contributed by atoms with van der Waals surface area (Å²) in [6.45, 7) is 6.79. The van der Waals surface area contributed by atoms with E-state index in [4.69, 9.17) is 0 Å². The second kappa shape index (κ2) is 7.99. The number of hydrogen-bond donors (Lipinski definition) is 1. The van der Waals surface area contributed by atoms with E-state index in [1.807, 2.05) is 18.5 Å². The molecule has 0 fully saturated rings. The molecule has 0 aliphatic carbocycles. The average Bonchev–Trinajstić information content (AvgIpc) is 2.33. The Bertz CT molecular complexity index is 284. The molecule has 1 heterocycles. The Balaban J connectivity index is 2.10. The lowest BCUT2D eigenvalue weighted by molar-refractivity contribution is 0.489. The summed E-state index contributed by atoms with van der Waals surface area (Å²) in [5.41, 5.74) is 1.14. The minimum Gasteiger partial charge on any atom is -0.310 e. The highest BCUT2D eigenvalue weighted by Gasteiger charge is 2.01. The highest BCUT2D eigenvalue weighted by Crippen LogP contribution is 2.04. The second-order valence-electron chi connectivity index (χ2n) is 4.10. The van der Waals surface area contributed by atoms with E-state index in [1.54, 1.807) is 6.33 Å². The van der Waals surface area contributed by atoms with Gasteiger partial charge >= 0.3 is 0 Å². The lowest BCUT2D eigenvalue weighted by atomic mass is 10.1. The van der Waals surface area contributed by atoms with Crippen molar-refractivity contribution in [2.75, 3.05) is 0 Å². The molecule has 0 aliphatic heterocycles. The van der Waals surface area contributed by atoms with Gasteiger partial charge in [-0.1, -0.05) is 12.5 Å². The molecule has 1 aromatic rings. The quantitative estimate of drug-likeness (QED) is 0.539. The van der Waals surface area contributed by atoms with Gasteiger partial charge in [0.05, 0.1) is 0 Å². The minimum atomic E-state index is 0.546. The van der Waals surface area contributed by atoms with Gasteiger partial charge in [0.2, 0.25) is 0 Å². The zero-order valence-corrected chi connectivity index (χ0v) is 10.0. The fourth-order valence-corrected chi connectivity index (χ4v) is 1.55. The van der Waals surface area contributed by atoms with Gasteiger partial charge in [-0.15, -0.1) is 6.58 Å². The Morgan fingerprint density at radius 1 is 1.38 bits per heavy atom. The minimum absolute atomic E-state index is 0.546. The first-order chi connectivity index (χ1) is 7.83. The molecule has 1 N–H and O–H groups in total. The van der Waals surface area contributed by atoms with Crippen LogP contribution in [0.5, 0.6) is 0 Å². The lowest BCUT2D eigenvalue weighted by Gasteiger charge is -2.12. The standard InChI is InChI=1S/C13H21N3/c1-3-4-5-6-7-12(2)16-10-13-8-14-11-15-9-13/h3,8-9,11-12,16H,1,4-7,10H2,2H3. The van der Waals surface area contributed by atoms with Crippen LogP contribution in [0.15, 0.2) is 31.4 Å². The molecule has 0 aromatic carbocycles. The number of allylic oxidation sites excluding steroid dienone is 1. The molecule has 0 saturated heterocycles. The van der Waals surface area contributed by atoms with Crippen molar-refractivity contribution in [2.45, 2.75) is 45.2 Å². The van der Waals surface area contributed by atoms with E-state index in [2.05, 4.69) is 28.8 Å². The van der Waals surface area contributed by atoms with Gasteiger partial charge < -0.3 is 5.32 Å². The molecule has 3 heteroatoms. The number of rotatable bonds is 8. The largest absolute Gasteiger partial charge is 0.310 e. The number of nitrogens with zero attached hydrogens (tertiary/aromatic N) is 2. The number of aromatic nitrogens is 2. The number of unbranched alkanes of at least 4 members (excludes halogenated alkanes) is 2. The SMILES string of the molecule is C=CCCCCC(C)NCc1cncnc1. The Kier molecular flexibility index (Phi) is 6.42. The fourth-order valence-electron chi connectivity index (χ4n) is 1.55. The van der Waals surface area contributed by atoms with Gasteiger partial charge in [0.25, 0.3) is 0 Å². The normalized spacial score (nSPS) is 12.3. The van der Waals surface area contributed by atoms with Crippen molar-refractivity contribution in [3.05, 3.63) is 36.9 Å². The lowest BCUT2D eigenvalue weighted by Crippen LogP contribution is -2.25. The molecular weight excluding hydrogens is 198 g/mol. The molecule has 1 atom stereocenters. The van der Waals surface area contributed by atoms with Crippen molar-refractivity contribution < 1.29 is 0 Å². The van der Waals surface area contributed by atoms with Gasteiger partial charge in [-0.25, -0.2) is 9.97 Å². The Labute approximate surface area is 98.0 Å². The highest BCUT2D eigenvalue weighted by molar-refractivity contribution is 5.01. The number of nitrogens with one attached hydrogen (secondary N) is 1. The maximum atomic E-state index is 3.99. The van der Waals surface area contributed by atoms with Crippen LogP contribution in [0.25, 0.3) is 0 Å². The third-order valence-corrected chi connectivity index (χ3v) is 2.56. The van der Waals surface area contributed by atoms with Gasteiger partial charge in [0.1, 0.15) is 6.33 Å². The molecule has 0 spiro atoms. The van der Waals surface area contributed by atoms with E-state index in [1.165, 1.54) is 19.3 Å². The Hall–Kier alpha value is -1.22. The fraction of sp³-hybridized carbons (Fsp3) is 0.538. The topological polar surface area (TPSA) is 37.8 Å². The monoisotopic (exact) mass is 219 g/mol. The highest BCUT2D eigenvalue weighted by atomic mass is 14.9. The molecule has 1 aromatic heterocycles. The first-order valence-electron chi connectivity index (χ1n) is 5.91. The summed E-state index contributed by atoms with van der Waals surface area (Å²) >= 11 is 0. The molecule has 0 bridgehead atoms. The van der Waals surface area contributed by atoms with Crippen LogP contribution in [0.2, 0.25) is 0 Å².